The van der Waals surface area contributed by atoms with Gasteiger partial charge in [-0.1, -0.05) is 12.1 Å². The number of hydrogen-bond acceptors (Lipinski definition) is 3. The second-order valence-corrected chi connectivity index (χ2v) is 4.43. The van der Waals surface area contributed by atoms with Gasteiger partial charge in [0.2, 0.25) is 0 Å². The summed E-state index contributed by atoms with van der Waals surface area (Å²) in [6, 6.07) is 4.09. The van der Waals surface area contributed by atoms with E-state index in [4.69, 9.17) is 9.84 Å². The summed E-state index contributed by atoms with van der Waals surface area (Å²) >= 11 is 0. The van der Waals surface area contributed by atoms with Gasteiger partial charge in [0.1, 0.15) is 17.0 Å². The van der Waals surface area contributed by atoms with Crippen LogP contribution in [0.1, 0.15) is 36.7 Å². The first-order chi connectivity index (χ1) is 7.35. The minimum atomic E-state index is -0.755. The van der Waals surface area contributed by atoms with Crippen LogP contribution < -0.4 is 0 Å². The van der Waals surface area contributed by atoms with Gasteiger partial charge < -0.3 is 9.84 Å². The molecule has 16 heavy (non-hydrogen) atoms. The third-order valence-electron chi connectivity index (χ3n) is 1.87. The molecule has 0 amide bonds. The van der Waals surface area contributed by atoms with Crippen LogP contribution in [0.4, 0.5) is 4.39 Å². The van der Waals surface area contributed by atoms with Gasteiger partial charge in [-0.15, -0.1) is 0 Å². The molecule has 1 N–H and O–H groups in total. The highest BCUT2D eigenvalue weighted by Gasteiger charge is 2.22. The third-order valence-corrected chi connectivity index (χ3v) is 1.87. The molecule has 0 heterocycles. The summed E-state index contributed by atoms with van der Waals surface area (Å²) in [5, 5.41) is 9.02. The Kier molecular flexibility index (Phi) is 3.65. The summed E-state index contributed by atoms with van der Waals surface area (Å²) in [4.78, 5) is 11.7. The molecule has 0 saturated heterocycles. The first-order valence-corrected chi connectivity index (χ1v) is 4.97. The highest BCUT2D eigenvalue weighted by molar-refractivity contribution is 5.91. The summed E-state index contributed by atoms with van der Waals surface area (Å²) in [6.07, 6.45) is 0. The van der Waals surface area contributed by atoms with E-state index in [0.29, 0.717) is 0 Å². The largest absolute Gasteiger partial charge is 0.456 e. The van der Waals surface area contributed by atoms with E-state index in [1.165, 1.54) is 18.2 Å². The fraction of sp³-hybridized carbons (Fsp3) is 0.417. The zero-order valence-electron chi connectivity index (χ0n) is 9.58. The molecule has 0 aromatic heterocycles. The topological polar surface area (TPSA) is 46.5 Å². The molecule has 0 spiro atoms. The van der Waals surface area contributed by atoms with Gasteiger partial charge in [0.25, 0.3) is 0 Å². The van der Waals surface area contributed by atoms with Crippen LogP contribution in [0, 0.1) is 5.82 Å². The molecular formula is C12H15FO3. The van der Waals surface area contributed by atoms with Crippen molar-refractivity contribution in [2.24, 2.45) is 0 Å². The highest BCUT2D eigenvalue weighted by Crippen LogP contribution is 2.18. The number of carbonyl (C=O) groups is 1. The third kappa shape index (κ3) is 3.03. The van der Waals surface area contributed by atoms with Gasteiger partial charge in [-0.05, 0) is 32.4 Å². The van der Waals surface area contributed by atoms with Crippen molar-refractivity contribution >= 4 is 5.97 Å². The predicted octanol–water partition coefficient (Wildman–Crippen LogP) is 2.27. The molecule has 0 unspecified atom stereocenters. The van der Waals surface area contributed by atoms with Crippen LogP contribution in [-0.4, -0.2) is 16.7 Å². The van der Waals surface area contributed by atoms with Crippen molar-refractivity contribution in [1.82, 2.24) is 0 Å². The summed E-state index contributed by atoms with van der Waals surface area (Å²) < 4.78 is 18.5. The standard InChI is InChI=1S/C12H15FO3/c1-12(2,3)16-11(15)10-8(7-14)5-4-6-9(10)13/h4-6,14H,7H2,1-3H3. The van der Waals surface area contributed by atoms with Crippen LogP contribution in [0.5, 0.6) is 0 Å². The van der Waals surface area contributed by atoms with Gasteiger partial charge in [0.05, 0.1) is 6.61 Å². The van der Waals surface area contributed by atoms with E-state index in [2.05, 4.69) is 0 Å². The maximum Gasteiger partial charge on any atom is 0.342 e. The summed E-state index contributed by atoms with van der Waals surface area (Å²) in [5.74, 6) is -1.43. The minimum Gasteiger partial charge on any atom is -0.456 e. The Bertz CT molecular complexity index is 394. The van der Waals surface area contributed by atoms with Crippen LogP contribution in [0.15, 0.2) is 18.2 Å². The fourth-order valence-electron chi connectivity index (χ4n) is 1.26. The Morgan fingerprint density at radius 3 is 2.56 bits per heavy atom. The first kappa shape index (κ1) is 12.6. The Morgan fingerprint density at radius 2 is 2.06 bits per heavy atom. The number of rotatable bonds is 2. The molecular weight excluding hydrogens is 211 g/mol. The average molecular weight is 226 g/mol. The molecule has 1 aromatic carbocycles. The molecule has 0 bridgehead atoms. The Labute approximate surface area is 93.9 Å². The van der Waals surface area contributed by atoms with E-state index in [1.54, 1.807) is 20.8 Å². The number of halogens is 1. The number of ether oxygens (including phenoxy) is 1. The molecule has 4 heteroatoms. The smallest absolute Gasteiger partial charge is 0.342 e. The van der Waals surface area contributed by atoms with E-state index < -0.39 is 24.0 Å². The fourth-order valence-corrected chi connectivity index (χ4v) is 1.26. The summed E-state index contributed by atoms with van der Waals surface area (Å²) in [6.45, 7) is 4.70. The maximum atomic E-state index is 13.5. The lowest BCUT2D eigenvalue weighted by molar-refractivity contribution is 0.00616. The van der Waals surface area contributed by atoms with Crippen LogP contribution in [0.25, 0.3) is 0 Å². The summed E-state index contributed by atoms with van der Waals surface area (Å²) in [5.41, 5.74) is -0.652. The second-order valence-electron chi connectivity index (χ2n) is 4.43. The van der Waals surface area contributed by atoms with E-state index in [-0.39, 0.29) is 11.1 Å². The van der Waals surface area contributed by atoms with Crippen LogP contribution >= 0.6 is 0 Å². The monoisotopic (exact) mass is 226 g/mol. The predicted molar refractivity (Wildman–Crippen MR) is 57.5 cm³/mol. The van der Waals surface area contributed by atoms with Crippen molar-refractivity contribution in [3.05, 3.63) is 35.1 Å². The molecule has 0 fully saturated rings. The number of aliphatic hydroxyl groups is 1. The zero-order chi connectivity index (χ0) is 12.3. The Morgan fingerprint density at radius 1 is 1.44 bits per heavy atom. The van der Waals surface area contributed by atoms with Crippen molar-refractivity contribution in [2.45, 2.75) is 33.0 Å². The van der Waals surface area contributed by atoms with E-state index in [0.717, 1.165) is 0 Å². The van der Waals surface area contributed by atoms with E-state index >= 15 is 0 Å². The molecule has 0 atom stereocenters. The summed E-state index contributed by atoms with van der Waals surface area (Å²) in [7, 11) is 0. The number of benzene rings is 1. The number of carbonyl (C=O) groups excluding carboxylic acids is 1. The molecule has 0 saturated carbocycles. The van der Waals surface area contributed by atoms with Crippen molar-refractivity contribution in [3.8, 4) is 0 Å². The second kappa shape index (κ2) is 4.61. The van der Waals surface area contributed by atoms with Gasteiger partial charge in [-0.2, -0.15) is 0 Å². The van der Waals surface area contributed by atoms with Crippen molar-refractivity contribution in [1.29, 1.82) is 0 Å². The first-order valence-electron chi connectivity index (χ1n) is 4.97. The Hall–Kier alpha value is -1.42. The molecule has 3 nitrogen and oxygen atoms in total. The normalized spacial score (nSPS) is 11.3. The van der Waals surface area contributed by atoms with Crippen molar-refractivity contribution in [2.75, 3.05) is 0 Å². The number of esters is 1. The molecule has 0 aliphatic carbocycles. The van der Waals surface area contributed by atoms with Crippen LogP contribution in [-0.2, 0) is 11.3 Å². The molecule has 88 valence electrons. The number of hydrogen-bond donors (Lipinski definition) is 1. The molecule has 1 rings (SSSR count). The van der Waals surface area contributed by atoms with E-state index in [1.807, 2.05) is 0 Å². The maximum absolute atomic E-state index is 13.5. The molecule has 0 radical (unpaired) electrons. The van der Waals surface area contributed by atoms with Gasteiger partial charge in [-0.3, -0.25) is 0 Å². The molecule has 0 aliphatic rings. The molecule has 0 aliphatic heterocycles. The SMILES string of the molecule is CC(C)(C)OC(=O)c1c(F)cccc1CO. The Balaban J connectivity index is 3.08. The van der Waals surface area contributed by atoms with Crippen LogP contribution in [0.2, 0.25) is 0 Å². The van der Waals surface area contributed by atoms with Gasteiger partial charge in [-0.25, -0.2) is 9.18 Å². The lowest BCUT2D eigenvalue weighted by Gasteiger charge is -2.20. The average Bonchev–Trinajstić information content (AvgIpc) is 2.14. The van der Waals surface area contributed by atoms with Crippen LogP contribution in [0.3, 0.4) is 0 Å². The van der Waals surface area contributed by atoms with Crippen molar-refractivity contribution < 1.29 is 19.0 Å². The van der Waals surface area contributed by atoms with Gasteiger partial charge >= 0.3 is 5.97 Å². The minimum absolute atomic E-state index is 0.195. The number of aliphatic hydroxyl groups excluding tert-OH is 1. The quantitative estimate of drug-likeness (QED) is 0.787. The molecule has 1 aromatic rings. The zero-order valence-corrected chi connectivity index (χ0v) is 9.58. The van der Waals surface area contributed by atoms with Gasteiger partial charge in [0, 0.05) is 0 Å². The van der Waals surface area contributed by atoms with Crippen molar-refractivity contribution in [3.63, 3.8) is 0 Å². The van der Waals surface area contributed by atoms with Gasteiger partial charge in [0.15, 0.2) is 0 Å². The lowest BCUT2D eigenvalue weighted by Crippen LogP contribution is -2.25. The van der Waals surface area contributed by atoms with E-state index in [9.17, 15) is 9.18 Å². The lowest BCUT2D eigenvalue weighted by atomic mass is 10.1. The highest BCUT2D eigenvalue weighted by atomic mass is 19.1.